The molecule has 0 fully saturated rings. The van der Waals surface area contributed by atoms with E-state index in [4.69, 9.17) is 0 Å². The minimum atomic E-state index is -0.955. The van der Waals surface area contributed by atoms with Gasteiger partial charge in [-0.15, -0.1) is 0 Å². The molecule has 2 aromatic rings. The number of ketones is 1. The lowest BCUT2D eigenvalue weighted by atomic mass is 10.1. The maximum absolute atomic E-state index is 12.1. The number of carboxylic acids is 1. The van der Waals surface area contributed by atoms with Gasteiger partial charge in [-0.1, -0.05) is 61.5 Å². The molecule has 0 spiro atoms. The summed E-state index contributed by atoms with van der Waals surface area (Å²) in [7, 11) is 0. The maximum Gasteiger partial charge on any atom is 0.326 e. The molecule has 124 valence electrons. The van der Waals surface area contributed by atoms with Crippen molar-refractivity contribution >= 4 is 11.8 Å². The smallest absolute Gasteiger partial charge is 0.326 e. The normalized spacial score (nSPS) is 12.0. The highest BCUT2D eigenvalue weighted by Crippen LogP contribution is 2.07. The molecule has 0 saturated carbocycles. The largest absolute Gasteiger partial charge is 0.480 e. The van der Waals surface area contributed by atoms with Crippen LogP contribution in [0.2, 0.25) is 0 Å². The molecule has 24 heavy (non-hydrogen) atoms. The molecule has 0 amide bonds. The van der Waals surface area contributed by atoms with Crippen LogP contribution in [0.5, 0.6) is 0 Å². The van der Waals surface area contributed by atoms with E-state index in [1.54, 1.807) is 12.1 Å². The number of aryl methyl sites for hydroxylation is 1. The quantitative estimate of drug-likeness (QED) is 0.578. The van der Waals surface area contributed by atoms with Crippen LogP contribution in [0.25, 0.3) is 0 Å². The third-order valence-corrected chi connectivity index (χ3v) is 3.76. The fraction of sp³-hybridized carbons (Fsp3) is 0.200. The summed E-state index contributed by atoms with van der Waals surface area (Å²) < 4.78 is 0. The second kappa shape index (κ2) is 8.67. The number of hydrogen-bond acceptors (Lipinski definition) is 3. The van der Waals surface area contributed by atoms with Crippen LogP contribution in [0.15, 0.2) is 66.9 Å². The van der Waals surface area contributed by atoms with Gasteiger partial charge in [-0.2, -0.15) is 0 Å². The Morgan fingerprint density at radius 2 is 1.71 bits per heavy atom. The van der Waals surface area contributed by atoms with Gasteiger partial charge in [0.1, 0.15) is 6.04 Å². The van der Waals surface area contributed by atoms with Crippen molar-refractivity contribution in [2.45, 2.75) is 25.8 Å². The molecule has 0 radical (unpaired) electrons. The number of rotatable bonds is 8. The second-order valence-corrected chi connectivity index (χ2v) is 5.50. The maximum atomic E-state index is 12.1. The van der Waals surface area contributed by atoms with Gasteiger partial charge in [-0.25, -0.2) is 4.79 Å². The summed E-state index contributed by atoms with van der Waals surface area (Å²) in [6.07, 6.45) is 4.05. The predicted octanol–water partition coefficient (Wildman–Crippen LogP) is 3.23. The fourth-order valence-electron chi connectivity index (χ4n) is 2.31. The van der Waals surface area contributed by atoms with E-state index < -0.39 is 12.0 Å². The molecule has 0 aromatic heterocycles. The van der Waals surface area contributed by atoms with Crippen molar-refractivity contribution in [3.05, 3.63) is 83.6 Å². The van der Waals surface area contributed by atoms with Crippen LogP contribution in [0, 0.1) is 0 Å². The van der Waals surface area contributed by atoms with Gasteiger partial charge < -0.3 is 10.4 Å². The summed E-state index contributed by atoms with van der Waals surface area (Å²) in [6, 6.07) is 16.0. The van der Waals surface area contributed by atoms with Crippen LogP contribution in [0.4, 0.5) is 0 Å². The Morgan fingerprint density at radius 3 is 2.29 bits per heavy atom. The summed E-state index contributed by atoms with van der Waals surface area (Å²) in [6.45, 7) is 2.05. The van der Waals surface area contributed by atoms with Crippen LogP contribution in [0.3, 0.4) is 0 Å². The number of allylic oxidation sites excluding steroid dienone is 1. The molecule has 2 rings (SSSR count). The lowest BCUT2D eigenvalue weighted by molar-refractivity contribution is -0.139. The lowest BCUT2D eigenvalue weighted by Crippen LogP contribution is -2.35. The standard InChI is InChI=1S/C20H21NO3/c1-2-15-8-10-17(11-9-15)19(22)12-13-21-18(20(23)24)14-16-6-4-3-5-7-16/h3-13,18,21H,2,14H2,1H3,(H,23,24)/b13-12-/t18-/m0/s1. The molecule has 0 aliphatic heterocycles. The SMILES string of the molecule is CCc1ccc(C(=O)/C=C\N[C@@H](Cc2ccccc2)C(=O)O)cc1. The Bertz CT molecular complexity index is 705. The zero-order valence-corrected chi connectivity index (χ0v) is 13.6. The first-order valence-electron chi connectivity index (χ1n) is 7.92. The van der Waals surface area contributed by atoms with E-state index >= 15 is 0 Å². The van der Waals surface area contributed by atoms with E-state index in [1.165, 1.54) is 17.8 Å². The van der Waals surface area contributed by atoms with Crippen molar-refractivity contribution in [1.82, 2.24) is 5.32 Å². The van der Waals surface area contributed by atoms with Gasteiger partial charge in [-0.3, -0.25) is 4.79 Å². The van der Waals surface area contributed by atoms with E-state index in [1.807, 2.05) is 42.5 Å². The Hall–Kier alpha value is -2.88. The summed E-state index contributed by atoms with van der Waals surface area (Å²) in [5.41, 5.74) is 2.68. The highest BCUT2D eigenvalue weighted by molar-refractivity contribution is 6.04. The molecular formula is C20H21NO3. The van der Waals surface area contributed by atoms with Gasteiger partial charge in [-0.05, 0) is 17.5 Å². The fourth-order valence-corrected chi connectivity index (χ4v) is 2.31. The predicted molar refractivity (Wildman–Crippen MR) is 94.0 cm³/mol. The van der Waals surface area contributed by atoms with Crippen molar-refractivity contribution < 1.29 is 14.7 Å². The molecule has 0 aliphatic carbocycles. The van der Waals surface area contributed by atoms with Crippen molar-refractivity contribution in [2.75, 3.05) is 0 Å². The Labute approximate surface area is 141 Å². The average Bonchev–Trinajstić information content (AvgIpc) is 2.61. The van der Waals surface area contributed by atoms with Crippen LogP contribution in [-0.2, 0) is 17.6 Å². The zero-order chi connectivity index (χ0) is 17.4. The first kappa shape index (κ1) is 17.5. The molecule has 4 nitrogen and oxygen atoms in total. The first-order valence-corrected chi connectivity index (χ1v) is 7.92. The third-order valence-electron chi connectivity index (χ3n) is 3.76. The summed E-state index contributed by atoms with van der Waals surface area (Å²) in [5, 5.41) is 12.1. The van der Waals surface area contributed by atoms with E-state index in [2.05, 4.69) is 12.2 Å². The van der Waals surface area contributed by atoms with Crippen LogP contribution >= 0.6 is 0 Å². The first-order chi connectivity index (χ1) is 11.6. The third kappa shape index (κ3) is 5.09. The molecule has 2 aromatic carbocycles. The summed E-state index contributed by atoms with van der Waals surface area (Å²) >= 11 is 0. The van der Waals surface area contributed by atoms with Gasteiger partial charge >= 0.3 is 5.97 Å². The Balaban J connectivity index is 1.96. The summed E-state index contributed by atoms with van der Waals surface area (Å²) in [4.78, 5) is 23.4. The van der Waals surface area contributed by atoms with Crippen LogP contribution in [0.1, 0.15) is 28.4 Å². The zero-order valence-electron chi connectivity index (χ0n) is 13.6. The van der Waals surface area contributed by atoms with Crippen molar-refractivity contribution in [1.29, 1.82) is 0 Å². The number of benzene rings is 2. The van der Waals surface area contributed by atoms with Gasteiger partial charge in [0, 0.05) is 24.3 Å². The van der Waals surface area contributed by atoms with E-state index in [9.17, 15) is 14.7 Å². The summed E-state index contributed by atoms with van der Waals surface area (Å²) in [5.74, 6) is -1.11. The Morgan fingerprint density at radius 1 is 1.04 bits per heavy atom. The molecule has 0 unspecified atom stereocenters. The van der Waals surface area contributed by atoms with Gasteiger partial charge in [0.25, 0.3) is 0 Å². The highest BCUT2D eigenvalue weighted by Gasteiger charge is 2.15. The van der Waals surface area contributed by atoms with Gasteiger partial charge in [0.15, 0.2) is 5.78 Å². The number of carbonyl (C=O) groups is 2. The molecular weight excluding hydrogens is 302 g/mol. The van der Waals surface area contributed by atoms with E-state index in [0.29, 0.717) is 12.0 Å². The molecule has 0 heterocycles. The molecule has 0 saturated heterocycles. The number of carboxylic acid groups (broad SMARTS) is 1. The molecule has 4 heteroatoms. The molecule has 2 N–H and O–H groups in total. The van der Waals surface area contributed by atoms with Crippen molar-refractivity contribution in [3.8, 4) is 0 Å². The molecule has 0 aliphatic rings. The van der Waals surface area contributed by atoms with Crippen molar-refractivity contribution in [2.24, 2.45) is 0 Å². The minimum absolute atomic E-state index is 0.158. The van der Waals surface area contributed by atoms with Gasteiger partial charge in [0.2, 0.25) is 0 Å². The average molecular weight is 323 g/mol. The van der Waals surface area contributed by atoms with Crippen molar-refractivity contribution in [3.63, 3.8) is 0 Å². The van der Waals surface area contributed by atoms with Crippen LogP contribution in [-0.4, -0.2) is 22.9 Å². The van der Waals surface area contributed by atoms with E-state index in [-0.39, 0.29) is 5.78 Å². The number of aliphatic carboxylic acids is 1. The second-order valence-electron chi connectivity index (χ2n) is 5.50. The topological polar surface area (TPSA) is 66.4 Å². The highest BCUT2D eigenvalue weighted by atomic mass is 16.4. The number of nitrogens with one attached hydrogen (secondary N) is 1. The monoisotopic (exact) mass is 323 g/mol. The minimum Gasteiger partial charge on any atom is -0.480 e. The van der Waals surface area contributed by atoms with E-state index in [0.717, 1.165) is 12.0 Å². The molecule has 0 bridgehead atoms. The molecule has 1 atom stereocenters. The number of carbonyl (C=O) groups excluding carboxylic acids is 1. The lowest BCUT2D eigenvalue weighted by Gasteiger charge is -2.12. The van der Waals surface area contributed by atoms with Crippen LogP contribution < -0.4 is 5.32 Å². The number of hydrogen-bond donors (Lipinski definition) is 2. The Kier molecular flexibility index (Phi) is 6.32. The van der Waals surface area contributed by atoms with Gasteiger partial charge in [0.05, 0.1) is 0 Å².